The van der Waals surface area contributed by atoms with E-state index in [-0.39, 0.29) is 5.56 Å². The Balaban J connectivity index is 1.95. The van der Waals surface area contributed by atoms with Crippen molar-refractivity contribution in [2.75, 3.05) is 13.7 Å². The molecule has 3 aromatic rings. The molecule has 0 spiro atoms. The fourth-order valence-electron chi connectivity index (χ4n) is 2.28. The fraction of sp³-hybridized carbons (Fsp3) is 0.333. The van der Waals surface area contributed by atoms with Gasteiger partial charge in [0.1, 0.15) is 16.5 Å². The zero-order chi connectivity index (χ0) is 16.2. The van der Waals surface area contributed by atoms with Crippen molar-refractivity contribution >= 4 is 16.3 Å². The van der Waals surface area contributed by atoms with Crippen molar-refractivity contribution in [1.82, 2.24) is 19.8 Å². The van der Waals surface area contributed by atoms with Crippen LogP contribution in [0.15, 0.2) is 29.1 Å². The highest BCUT2D eigenvalue weighted by atomic mass is 32.1. The predicted octanol–water partition coefficient (Wildman–Crippen LogP) is 1.04. The van der Waals surface area contributed by atoms with Crippen LogP contribution in [-0.2, 0) is 12.8 Å². The number of nitrogens with zero attached hydrogens (tertiary/aromatic N) is 4. The van der Waals surface area contributed by atoms with Gasteiger partial charge in [0.2, 0.25) is 4.96 Å². The van der Waals surface area contributed by atoms with Crippen LogP contribution >= 0.6 is 11.3 Å². The second kappa shape index (κ2) is 6.84. The molecular weight excluding hydrogens is 314 g/mol. The number of ether oxygens (including phenoxy) is 1. The fourth-order valence-corrected chi connectivity index (χ4v) is 3.15. The van der Waals surface area contributed by atoms with E-state index in [0.717, 1.165) is 29.2 Å². The Morgan fingerprint density at radius 3 is 2.91 bits per heavy atom. The summed E-state index contributed by atoms with van der Waals surface area (Å²) in [6.07, 6.45) is 1.93. The van der Waals surface area contributed by atoms with Crippen molar-refractivity contribution in [2.24, 2.45) is 5.73 Å². The van der Waals surface area contributed by atoms with E-state index in [9.17, 15) is 4.79 Å². The Labute approximate surface area is 136 Å². The number of nitrogens with two attached hydrogens (primary N) is 1. The lowest BCUT2D eigenvalue weighted by Crippen LogP contribution is -2.22. The lowest BCUT2D eigenvalue weighted by molar-refractivity contribution is 0.410. The number of rotatable bonds is 6. The molecule has 0 aliphatic heterocycles. The SMILES string of the molecule is COc1ccccc1Cc1nnc2sc(CCCN)nn2c1=O. The normalized spacial score (nSPS) is 11.0. The Bertz CT molecular complexity index is 874. The van der Waals surface area contributed by atoms with Crippen LogP contribution in [0.2, 0.25) is 0 Å². The number of para-hydroxylation sites is 1. The van der Waals surface area contributed by atoms with E-state index in [4.69, 9.17) is 10.5 Å². The molecule has 0 atom stereocenters. The molecule has 8 heteroatoms. The monoisotopic (exact) mass is 331 g/mol. The van der Waals surface area contributed by atoms with Crippen LogP contribution in [0.3, 0.4) is 0 Å². The number of aryl methyl sites for hydroxylation is 1. The molecule has 0 fully saturated rings. The zero-order valence-electron chi connectivity index (χ0n) is 12.7. The van der Waals surface area contributed by atoms with Crippen LogP contribution in [0.5, 0.6) is 5.75 Å². The van der Waals surface area contributed by atoms with Crippen molar-refractivity contribution in [3.05, 3.63) is 50.9 Å². The molecule has 0 aliphatic carbocycles. The molecule has 7 nitrogen and oxygen atoms in total. The number of benzene rings is 1. The van der Waals surface area contributed by atoms with E-state index in [2.05, 4.69) is 15.3 Å². The van der Waals surface area contributed by atoms with E-state index in [1.165, 1.54) is 15.9 Å². The largest absolute Gasteiger partial charge is 0.496 e. The summed E-state index contributed by atoms with van der Waals surface area (Å²) >= 11 is 1.37. The van der Waals surface area contributed by atoms with Crippen molar-refractivity contribution in [3.8, 4) is 5.75 Å². The number of aromatic nitrogens is 4. The van der Waals surface area contributed by atoms with Gasteiger partial charge in [0.15, 0.2) is 0 Å². The molecule has 0 radical (unpaired) electrons. The summed E-state index contributed by atoms with van der Waals surface area (Å²) < 4.78 is 6.64. The van der Waals surface area contributed by atoms with Gasteiger partial charge >= 0.3 is 0 Å². The maximum atomic E-state index is 12.6. The summed E-state index contributed by atoms with van der Waals surface area (Å²) in [6, 6.07) is 7.54. The first kappa shape index (κ1) is 15.6. The van der Waals surface area contributed by atoms with Gasteiger partial charge in [0.25, 0.3) is 5.56 Å². The first-order valence-corrected chi connectivity index (χ1v) is 8.11. The maximum Gasteiger partial charge on any atom is 0.297 e. The quantitative estimate of drug-likeness (QED) is 0.725. The average molecular weight is 331 g/mol. The van der Waals surface area contributed by atoms with E-state index in [1.807, 2.05) is 24.3 Å². The third-order valence-corrected chi connectivity index (χ3v) is 4.40. The highest BCUT2D eigenvalue weighted by Crippen LogP contribution is 2.19. The van der Waals surface area contributed by atoms with Gasteiger partial charge in [-0.1, -0.05) is 29.5 Å². The zero-order valence-corrected chi connectivity index (χ0v) is 13.5. The summed E-state index contributed by atoms with van der Waals surface area (Å²) in [6.45, 7) is 0.593. The molecule has 0 unspecified atom stereocenters. The molecular formula is C15H17N5O2S. The number of methoxy groups -OCH3 is 1. The van der Waals surface area contributed by atoms with Crippen molar-refractivity contribution in [3.63, 3.8) is 0 Å². The number of fused-ring (bicyclic) bond motifs is 1. The van der Waals surface area contributed by atoms with Crippen LogP contribution in [0.4, 0.5) is 0 Å². The minimum absolute atomic E-state index is 0.240. The highest BCUT2D eigenvalue weighted by molar-refractivity contribution is 7.16. The van der Waals surface area contributed by atoms with Gasteiger partial charge in [-0.15, -0.1) is 10.2 Å². The molecule has 2 aromatic heterocycles. The van der Waals surface area contributed by atoms with Crippen LogP contribution < -0.4 is 16.0 Å². The molecule has 0 saturated heterocycles. The summed E-state index contributed by atoms with van der Waals surface area (Å²) in [5, 5.41) is 13.4. The van der Waals surface area contributed by atoms with Gasteiger partial charge < -0.3 is 10.5 Å². The van der Waals surface area contributed by atoms with E-state index >= 15 is 0 Å². The lowest BCUT2D eigenvalue weighted by atomic mass is 10.1. The van der Waals surface area contributed by atoms with Crippen LogP contribution in [0.25, 0.3) is 4.96 Å². The van der Waals surface area contributed by atoms with E-state index in [0.29, 0.717) is 23.6 Å². The van der Waals surface area contributed by atoms with Crippen molar-refractivity contribution < 1.29 is 4.74 Å². The van der Waals surface area contributed by atoms with Gasteiger partial charge in [0.05, 0.1) is 7.11 Å². The standard InChI is InChI=1S/C15H17N5O2S/c1-22-12-6-3-2-5-10(12)9-11-14(21)20-15(18-17-11)23-13(19-20)7-4-8-16/h2-3,5-6H,4,7-9,16H2,1H3. The summed E-state index contributed by atoms with van der Waals surface area (Å²) in [7, 11) is 1.60. The molecule has 2 heterocycles. The second-order valence-corrected chi connectivity index (χ2v) is 6.06. The van der Waals surface area contributed by atoms with Crippen molar-refractivity contribution in [1.29, 1.82) is 0 Å². The molecule has 0 amide bonds. The predicted molar refractivity (Wildman–Crippen MR) is 88.1 cm³/mol. The third-order valence-electron chi connectivity index (χ3n) is 3.44. The Kier molecular flexibility index (Phi) is 4.63. The molecule has 3 rings (SSSR count). The van der Waals surface area contributed by atoms with E-state index in [1.54, 1.807) is 7.11 Å². The maximum absolute atomic E-state index is 12.6. The number of hydrogen-bond acceptors (Lipinski definition) is 7. The van der Waals surface area contributed by atoms with Crippen LogP contribution in [0, 0.1) is 0 Å². The average Bonchev–Trinajstić information content (AvgIpc) is 3.00. The first-order valence-electron chi connectivity index (χ1n) is 7.29. The van der Waals surface area contributed by atoms with E-state index < -0.39 is 0 Å². The second-order valence-electron chi connectivity index (χ2n) is 5.02. The van der Waals surface area contributed by atoms with Crippen molar-refractivity contribution in [2.45, 2.75) is 19.3 Å². The molecule has 23 heavy (non-hydrogen) atoms. The van der Waals surface area contributed by atoms with Gasteiger partial charge in [-0.05, 0) is 19.0 Å². The Morgan fingerprint density at radius 2 is 2.13 bits per heavy atom. The summed E-state index contributed by atoms with van der Waals surface area (Å²) in [5.74, 6) is 0.723. The van der Waals surface area contributed by atoms with Gasteiger partial charge in [-0.25, -0.2) is 0 Å². The minimum atomic E-state index is -0.240. The molecule has 1 aromatic carbocycles. The molecule has 120 valence electrons. The molecule has 0 aliphatic rings. The van der Waals surface area contributed by atoms with Crippen LogP contribution in [0.1, 0.15) is 22.7 Å². The Morgan fingerprint density at radius 1 is 1.30 bits per heavy atom. The first-order chi connectivity index (χ1) is 11.2. The topological polar surface area (TPSA) is 95.4 Å². The summed E-state index contributed by atoms with van der Waals surface area (Å²) in [5.41, 5.74) is 6.51. The summed E-state index contributed by atoms with van der Waals surface area (Å²) in [4.78, 5) is 13.1. The molecule has 0 bridgehead atoms. The smallest absolute Gasteiger partial charge is 0.297 e. The molecule has 2 N–H and O–H groups in total. The number of hydrogen-bond donors (Lipinski definition) is 1. The Hall–Kier alpha value is -2.32. The van der Waals surface area contributed by atoms with Crippen LogP contribution in [-0.4, -0.2) is 33.5 Å². The highest BCUT2D eigenvalue weighted by Gasteiger charge is 2.13. The third kappa shape index (κ3) is 3.22. The van der Waals surface area contributed by atoms with Gasteiger partial charge in [-0.2, -0.15) is 9.61 Å². The lowest BCUT2D eigenvalue weighted by Gasteiger charge is -2.06. The van der Waals surface area contributed by atoms with Gasteiger partial charge in [-0.3, -0.25) is 4.79 Å². The van der Waals surface area contributed by atoms with Gasteiger partial charge in [0, 0.05) is 18.4 Å². The molecule has 0 saturated carbocycles. The minimum Gasteiger partial charge on any atom is -0.496 e.